The van der Waals surface area contributed by atoms with E-state index in [1.807, 2.05) is 36.1 Å². The van der Waals surface area contributed by atoms with E-state index < -0.39 is 0 Å². The van der Waals surface area contributed by atoms with E-state index in [0.717, 1.165) is 24.2 Å². The van der Waals surface area contributed by atoms with Gasteiger partial charge in [-0.2, -0.15) is 0 Å². The molecule has 0 radical (unpaired) electrons. The van der Waals surface area contributed by atoms with Gasteiger partial charge in [0.05, 0.1) is 12.6 Å². The van der Waals surface area contributed by atoms with Crippen LogP contribution in [0.25, 0.3) is 0 Å². The number of anilines is 1. The van der Waals surface area contributed by atoms with Gasteiger partial charge in [-0.05, 0) is 36.6 Å². The zero-order valence-corrected chi connectivity index (χ0v) is 11.9. The molecule has 0 saturated carbocycles. The van der Waals surface area contributed by atoms with Gasteiger partial charge in [-0.15, -0.1) is 0 Å². The summed E-state index contributed by atoms with van der Waals surface area (Å²) < 4.78 is 0. The molecule has 1 aromatic rings. The molecule has 1 aromatic carbocycles. The number of carbonyl (C=O) groups is 1. The molecular weight excluding hydrogens is 254 g/mol. The van der Waals surface area contributed by atoms with E-state index in [4.69, 9.17) is 5.73 Å². The maximum Gasteiger partial charge on any atom is 0.238 e. The molecule has 110 valence electrons. The van der Waals surface area contributed by atoms with Crippen LogP contribution in [0.4, 0.5) is 5.69 Å². The van der Waals surface area contributed by atoms with Crippen LogP contribution in [-0.2, 0) is 11.3 Å². The van der Waals surface area contributed by atoms with Crippen LogP contribution in [0.2, 0.25) is 0 Å². The molecule has 0 aromatic heterocycles. The average molecular weight is 277 g/mol. The number of nitrogens with zero attached hydrogens (tertiary/aromatic N) is 1. The standard InChI is InChI=1S/C15H23N3O2/c1-11-6-7-18(9-14(11)19)10-15(20)17-13-4-2-12(8-16)3-5-13/h2-5,11,14,19H,6-10,16H2,1H3,(H,17,20). The largest absolute Gasteiger partial charge is 0.392 e. The van der Waals surface area contributed by atoms with E-state index in [1.165, 1.54) is 0 Å². The number of carbonyl (C=O) groups excluding carboxylic acids is 1. The van der Waals surface area contributed by atoms with Crippen molar-refractivity contribution in [2.45, 2.75) is 26.0 Å². The van der Waals surface area contributed by atoms with Crippen molar-refractivity contribution in [3.8, 4) is 0 Å². The van der Waals surface area contributed by atoms with Crippen molar-refractivity contribution in [3.63, 3.8) is 0 Å². The number of amides is 1. The number of nitrogens with two attached hydrogens (primary N) is 1. The highest BCUT2D eigenvalue weighted by atomic mass is 16.3. The molecule has 0 spiro atoms. The van der Waals surface area contributed by atoms with Gasteiger partial charge in [0.1, 0.15) is 0 Å². The summed E-state index contributed by atoms with van der Waals surface area (Å²) in [5, 5.41) is 12.7. The number of piperidine rings is 1. The lowest BCUT2D eigenvalue weighted by atomic mass is 9.96. The van der Waals surface area contributed by atoms with E-state index in [0.29, 0.717) is 25.6 Å². The molecule has 20 heavy (non-hydrogen) atoms. The minimum atomic E-state index is -0.333. The van der Waals surface area contributed by atoms with Gasteiger partial charge in [-0.25, -0.2) is 0 Å². The van der Waals surface area contributed by atoms with Gasteiger partial charge < -0.3 is 16.2 Å². The molecule has 0 aliphatic carbocycles. The molecule has 0 bridgehead atoms. The van der Waals surface area contributed by atoms with Gasteiger partial charge >= 0.3 is 0 Å². The predicted molar refractivity (Wildman–Crippen MR) is 79.2 cm³/mol. The van der Waals surface area contributed by atoms with Crippen LogP contribution in [0, 0.1) is 5.92 Å². The van der Waals surface area contributed by atoms with Crippen LogP contribution in [0.15, 0.2) is 24.3 Å². The highest BCUT2D eigenvalue weighted by Crippen LogP contribution is 2.17. The minimum absolute atomic E-state index is 0.0488. The van der Waals surface area contributed by atoms with Crippen LogP contribution in [-0.4, -0.2) is 41.7 Å². The predicted octanol–water partition coefficient (Wildman–Crippen LogP) is 0.786. The monoisotopic (exact) mass is 277 g/mol. The SMILES string of the molecule is CC1CCN(CC(=O)Nc2ccc(CN)cc2)CC1O. The molecule has 4 N–H and O–H groups in total. The second-order valence-electron chi connectivity index (χ2n) is 5.52. The Morgan fingerprint density at radius 1 is 1.45 bits per heavy atom. The van der Waals surface area contributed by atoms with Gasteiger partial charge in [-0.1, -0.05) is 19.1 Å². The van der Waals surface area contributed by atoms with E-state index in [-0.39, 0.29) is 12.0 Å². The average Bonchev–Trinajstić information content (AvgIpc) is 2.44. The van der Waals surface area contributed by atoms with Crippen molar-refractivity contribution in [2.75, 3.05) is 25.0 Å². The summed E-state index contributed by atoms with van der Waals surface area (Å²) in [5.74, 6) is 0.269. The quantitative estimate of drug-likeness (QED) is 0.760. The fourth-order valence-corrected chi connectivity index (χ4v) is 2.39. The zero-order chi connectivity index (χ0) is 14.5. The van der Waals surface area contributed by atoms with Gasteiger partial charge in [0.2, 0.25) is 5.91 Å². The number of rotatable bonds is 4. The van der Waals surface area contributed by atoms with Gasteiger partial charge in [0.15, 0.2) is 0 Å². The maximum absolute atomic E-state index is 12.0. The lowest BCUT2D eigenvalue weighted by Crippen LogP contribution is -2.45. The molecule has 2 atom stereocenters. The molecule has 5 heteroatoms. The molecule has 1 fully saturated rings. The van der Waals surface area contributed by atoms with Gasteiger partial charge in [0, 0.05) is 18.8 Å². The lowest BCUT2D eigenvalue weighted by Gasteiger charge is -2.33. The number of hydrogen-bond acceptors (Lipinski definition) is 4. The summed E-state index contributed by atoms with van der Waals surface area (Å²) in [7, 11) is 0. The first-order chi connectivity index (χ1) is 9.58. The van der Waals surface area contributed by atoms with Crippen molar-refractivity contribution in [1.82, 2.24) is 4.90 Å². The molecule has 1 aliphatic rings. The number of likely N-dealkylation sites (tertiary alicyclic amines) is 1. The topological polar surface area (TPSA) is 78.6 Å². The lowest BCUT2D eigenvalue weighted by molar-refractivity contribution is -0.118. The Morgan fingerprint density at radius 2 is 2.15 bits per heavy atom. The van der Waals surface area contributed by atoms with E-state index in [2.05, 4.69) is 5.32 Å². The Morgan fingerprint density at radius 3 is 2.75 bits per heavy atom. The summed E-state index contributed by atoms with van der Waals surface area (Å²) in [4.78, 5) is 14.0. The molecule has 1 saturated heterocycles. The van der Waals surface area contributed by atoms with E-state index in [9.17, 15) is 9.90 Å². The third-order valence-electron chi connectivity index (χ3n) is 3.84. The van der Waals surface area contributed by atoms with Crippen LogP contribution in [0.5, 0.6) is 0 Å². The normalized spacial score (nSPS) is 23.6. The Kier molecular flexibility index (Phi) is 5.11. The molecule has 2 rings (SSSR count). The highest BCUT2D eigenvalue weighted by molar-refractivity contribution is 5.92. The number of β-amino-alcohol motifs (C(OH)–C–C–N with tert-alkyl or cyclic N) is 1. The van der Waals surface area contributed by atoms with Crippen LogP contribution >= 0.6 is 0 Å². The summed E-state index contributed by atoms with van der Waals surface area (Å²) in [6.07, 6.45) is 0.597. The number of aliphatic hydroxyl groups is 1. The Labute approximate surface area is 119 Å². The summed E-state index contributed by atoms with van der Waals surface area (Å²) in [6, 6.07) is 7.52. The highest BCUT2D eigenvalue weighted by Gasteiger charge is 2.25. The molecule has 2 unspecified atom stereocenters. The number of aliphatic hydroxyl groups excluding tert-OH is 1. The first-order valence-electron chi connectivity index (χ1n) is 7.07. The second kappa shape index (κ2) is 6.83. The molecule has 5 nitrogen and oxygen atoms in total. The molecule has 1 aliphatic heterocycles. The van der Waals surface area contributed by atoms with E-state index >= 15 is 0 Å². The molecular formula is C15H23N3O2. The fraction of sp³-hybridized carbons (Fsp3) is 0.533. The van der Waals surface area contributed by atoms with Crippen molar-refractivity contribution in [3.05, 3.63) is 29.8 Å². The number of hydrogen-bond donors (Lipinski definition) is 3. The summed E-state index contributed by atoms with van der Waals surface area (Å²) >= 11 is 0. The summed E-state index contributed by atoms with van der Waals surface area (Å²) in [5.41, 5.74) is 7.35. The Hall–Kier alpha value is -1.43. The maximum atomic E-state index is 12.0. The first kappa shape index (κ1) is 15.0. The van der Waals surface area contributed by atoms with Crippen LogP contribution in [0.1, 0.15) is 18.9 Å². The Balaban J connectivity index is 1.82. The van der Waals surface area contributed by atoms with Crippen LogP contribution in [0.3, 0.4) is 0 Å². The summed E-state index contributed by atoms with van der Waals surface area (Å²) in [6.45, 7) is 4.29. The smallest absolute Gasteiger partial charge is 0.238 e. The van der Waals surface area contributed by atoms with Crippen molar-refractivity contribution < 1.29 is 9.90 Å². The van der Waals surface area contributed by atoms with Crippen LogP contribution < -0.4 is 11.1 Å². The number of nitrogens with one attached hydrogen (secondary N) is 1. The zero-order valence-electron chi connectivity index (χ0n) is 11.9. The van der Waals surface area contributed by atoms with E-state index in [1.54, 1.807) is 0 Å². The minimum Gasteiger partial charge on any atom is -0.392 e. The first-order valence-corrected chi connectivity index (χ1v) is 7.07. The number of benzene rings is 1. The molecule has 1 heterocycles. The third kappa shape index (κ3) is 4.03. The van der Waals surface area contributed by atoms with Crippen molar-refractivity contribution in [1.29, 1.82) is 0 Å². The second-order valence-corrected chi connectivity index (χ2v) is 5.52. The Bertz CT molecular complexity index is 447. The van der Waals surface area contributed by atoms with Gasteiger partial charge in [-0.3, -0.25) is 9.69 Å². The fourth-order valence-electron chi connectivity index (χ4n) is 2.39. The van der Waals surface area contributed by atoms with Crippen molar-refractivity contribution >= 4 is 11.6 Å². The van der Waals surface area contributed by atoms with Gasteiger partial charge in [0.25, 0.3) is 0 Å². The van der Waals surface area contributed by atoms with Crippen molar-refractivity contribution in [2.24, 2.45) is 11.7 Å². The molecule has 1 amide bonds. The third-order valence-corrected chi connectivity index (χ3v) is 3.84.